The molecule has 16 aromatic rings. The molecule has 0 aliphatic heterocycles. The molecule has 19 rings (SSSR count). The van der Waals surface area contributed by atoms with Gasteiger partial charge in [0.15, 0.2) is 0 Å². The first-order chi connectivity index (χ1) is 43.7. The lowest BCUT2D eigenvalue weighted by Crippen LogP contribution is -2.29. The molecule has 0 saturated heterocycles. The summed E-state index contributed by atoms with van der Waals surface area (Å²) in [5.74, 6) is 0. The first kappa shape index (κ1) is 50.4. The van der Waals surface area contributed by atoms with Crippen molar-refractivity contribution in [2.24, 2.45) is 0 Å². The van der Waals surface area contributed by atoms with Crippen molar-refractivity contribution in [3.8, 4) is 77.9 Å². The Balaban J connectivity index is 0.833. The number of furan rings is 2. The third-order valence-corrected chi connectivity index (χ3v) is 20.9. The van der Waals surface area contributed by atoms with Crippen LogP contribution in [0.3, 0.4) is 0 Å². The van der Waals surface area contributed by atoms with Gasteiger partial charge in [-0.25, -0.2) is 0 Å². The van der Waals surface area contributed by atoms with Gasteiger partial charge in [0.25, 0.3) is 0 Å². The van der Waals surface area contributed by atoms with E-state index in [9.17, 15) is 0 Å². The first-order valence-electron chi connectivity index (χ1n) is 31.3. The zero-order chi connectivity index (χ0) is 59.1. The minimum absolute atomic E-state index is 0.362. The molecule has 3 aliphatic carbocycles. The minimum Gasteiger partial charge on any atom is -0.455 e. The summed E-state index contributed by atoms with van der Waals surface area (Å²) in [7, 11) is 0. The third-order valence-electron chi connectivity index (χ3n) is 20.9. The van der Waals surface area contributed by atoms with Crippen LogP contribution in [-0.4, -0.2) is 0 Å². The molecule has 0 fully saturated rings. The van der Waals surface area contributed by atoms with E-state index in [0.29, 0.717) is 0 Å². The summed E-state index contributed by atoms with van der Waals surface area (Å²) in [6.07, 6.45) is 0. The summed E-state index contributed by atoms with van der Waals surface area (Å²) in [6, 6.07) is 104. The highest BCUT2D eigenvalue weighted by Gasteiger charge is 2.51. The number of hydrogen-bond acceptors (Lipinski definition) is 2. The standard InChI is InChI=1S/C87H58O2/c1-85(2)73-47-69-70-48-74-72(80-60-36-20-18-34-58(60)68(46-78(80)86(74,3)4)66-44-24-42-64-62-40-22-38-56(82(62)89-84(64)66)52-27-11-6-12-28-52)50-76(70)87(53-29-13-7-14-30-53,54-31-15-8-16-32-54)75(69)49-71(73)79-59-35-19-17-33-57(59)67(45-77(79)85)65-43-23-41-63-61-39-21-37-55(81(61)88-83(63)65)51-25-9-5-10-26-51/h5-50H,1-4H3. The Morgan fingerprint density at radius 3 is 0.888 bits per heavy atom. The molecule has 14 aromatic carbocycles. The SMILES string of the molecule is CC1(C)c2cc3c(cc2-c2c1cc(-c1cccc4c1oc1c(-c5ccccc5)cccc14)c1ccccc21)C(c1ccccc1)(c1ccccc1)c1cc2c(cc1-3)C(C)(C)c1cc(-c3cccc4c3oc3c(-c5ccccc5)cccc34)c3ccccc3c1-2. The Hall–Kier alpha value is -10.8. The highest BCUT2D eigenvalue weighted by molar-refractivity contribution is 6.19. The van der Waals surface area contributed by atoms with Gasteiger partial charge in [-0.15, -0.1) is 0 Å². The van der Waals surface area contributed by atoms with Crippen LogP contribution in [0.4, 0.5) is 0 Å². The van der Waals surface area contributed by atoms with E-state index in [1.54, 1.807) is 0 Å². The molecule has 0 bridgehead atoms. The monoisotopic (exact) mass is 1130 g/mol. The van der Waals surface area contributed by atoms with Gasteiger partial charge in [0.1, 0.15) is 22.3 Å². The van der Waals surface area contributed by atoms with Gasteiger partial charge in [0, 0.05) is 54.6 Å². The van der Waals surface area contributed by atoms with Gasteiger partial charge in [0.2, 0.25) is 0 Å². The summed E-state index contributed by atoms with van der Waals surface area (Å²) in [6.45, 7) is 9.81. The van der Waals surface area contributed by atoms with E-state index in [0.717, 1.165) is 77.3 Å². The van der Waals surface area contributed by atoms with E-state index in [-0.39, 0.29) is 10.8 Å². The average molecular weight is 1140 g/mol. The number of para-hydroxylation sites is 4. The lowest BCUT2D eigenvalue weighted by molar-refractivity contribution is 0.660. The number of benzene rings is 14. The predicted molar refractivity (Wildman–Crippen MR) is 370 cm³/mol. The molecule has 0 radical (unpaired) electrons. The van der Waals surface area contributed by atoms with Crippen LogP contribution < -0.4 is 0 Å². The lowest BCUT2D eigenvalue weighted by Gasteiger charge is -2.34. The molecule has 3 aliphatic rings. The zero-order valence-electron chi connectivity index (χ0n) is 49.9. The quantitative estimate of drug-likeness (QED) is 0.166. The summed E-state index contributed by atoms with van der Waals surface area (Å²) in [4.78, 5) is 0. The van der Waals surface area contributed by atoms with Gasteiger partial charge < -0.3 is 8.83 Å². The van der Waals surface area contributed by atoms with Crippen LogP contribution in [-0.2, 0) is 16.2 Å². The maximum atomic E-state index is 7.15. The van der Waals surface area contributed by atoms with Gasteiger partial charge in [-0.05, 0) is 158 Å². The molecule has 0 N–H and O–H groups in total. The highest BCUT2D eigenvalue weighted by atomic mass is 16.3. The fourth-order valence-electron chi connectivity index (χ4n) is 16.8. The lowest BCUT2D eigenvalue weighted by atomic mass is 9.67. The third kappa shape index (κ3) is 6.70. The predicted octanol–water partition coefficient (Wildman–Crippen LogP) is 23.4. The second-order valence-corrected chi connectivity index (χ2v) is 26.1. The second-order valence-electron chi connectivity index (χ2n) is 26.1. The van der Waals surface area contributed by atoms with Crippen LogP contribution in [0.15, 0.2) is 288 Å². The Bertz CT molecular complexity index is 5350. The van der Waals surface area contributed by atoms with E-state index in [4.69, 9.17) is 8.83 Å². The van der Waals surface area contributed by atoms with E-state index in [1.165, 1.54) is 111 Å². The van der Waals surface area contributed by atoms with Crippen LogP contribution in [0.25, 0.3) is 143 Å². The number of fused-ring (bicyclic) bond motifs is 19. The fourth-order valence-corrected chi connectivity index (χ4v) is 16.8. The molecule has 0 saturated carbocycles. The minimum atomic E-state index is -0.659. The second kappa shape index (κ2) is 18.1. The van der Waals surface area contributed by atoms with E-state index in [1.807, 2.05) is 0 Å². The normalized spacial score (nSPS) is 14.6. The van der Waals surface area contributed by atoms with Gasteiger partial charge in [-0.2, -0.15) is 0 Å². The van der Waals surface area contributed by atoms with E-state index >= 15 is 0 Å². The molecule has 0 unspecified atom stereocenters. The number of rotatable bonds is 6. The van der Waals surface area contributed by atoms with Crippen molar-refractivity contribution in [1.82, 2.24) is 0 Å². The highest BCUT2D eigenvalue weighted by Crippen LogP contribution is 2.65. The van der Waals surface area contributed by atoms with Crippen molar-refractivity contribution < 1.29 is 8.83 Å². The van der Waals surface area contributed by atoms with Gasteiger partial charge in [-0.1, -0.05) is 270 Å². The molecule has 2 aromatic heterocycles. The zero-order valence-corrected chi connectivity index (χ0v) is 49.9. The summed E-state index contributed by atoms with van der Waals surface area (Å²) >= 11 is 0. The Morgan fingerprint density at radius 2 is 0.506 bits per heavy atom. The molecule has 2 heterocycles. The van der Waals surface area contributed by atoms with Crippen molar-refractivity contribution in [2.45, 2.75) is 43.9 Å². The van der Waals surface area contributed by atoms with E-state index < -0.39 is 5.41 Å². The van der Waals surface area contributed by atoms with Gasteiger partial charge in [0.05, 0.1) is 5.41 Å². The summed E-state index contributed by atoms with van der Waals surface area (Å²) in [5.41, 5.74) is 29.7. The molecule has 2 heteroatoms. The van der Waals surface area contributed by atoms with Crippen LogP contribution in [0, 0.1) is 0 Å². The van der Waals surface area contributed by atoms with Crippen LogP contribution in [0.5, 0.6) is 0 Å². The van der Waals surface area contributed by atoms with Crippen molar-refractivity contribution in [3.05, 3.63) is 324 Å². The smallest absolute Gasteiger partial charge is 0.143 e. The maximum absolute atomic E-state index is 7.15. The maximum Gasteiger partial charge on any atom is 0.143 e. The van der Waals surface area contributed by atoms with Crippen LogP contribution in [0.2, 0.25) is 0 Å². The fraction of sp³-hybridized carbons (Fsp3) is 0.0805. The molecule has 0 atom stereocenters. The Morgan fingerprint density at radius 1 is 0.213 bits per heavy atom. The number of hydrogen-bond donors (Lipinski definition) is 0. The van der Waals surface area contributed by atoms with Gasteiger partial charge >= 0.3 is 0 Å². The Labute approximate surface area is 516 Å². The molecule has 0 amide bonds. The van der Waals surface area contributed by atoms with Crippen molar-refractivity contribution >= 4 is 65.4 Å². The van der Waals surface area contributed by atoms with Crippen LogP contribution >= 0.6 is 0 Å². The van der Waals surface area contributed by atoms with Crippen molar-refractivity contribution in [3.63, 3.8) is 0 Å². The Kier molecular flexibility index (Phi) is 10.3. The first-order valence-corrected chi connectivity index (χ1v) is 31.3. The van der Waals surface area contributed by atoms with Crippen molar-refractivity contribution in [1.29, 1.82) is 0 Å². The molecule has 2 nitrogen and oxygen atoms in total. The molecule has 0 spiro atoms. The van der Waals surface area contributed by atoms with Gasteiger partial charge in [-0.3, -0.25) is 0 Å². The largest absolute Gasteiger partial charge is 0.455 e. The van der Waals surface area contributed by atoms with Crippen LogP contribution in [0.1, 0.15) is 72.2 Å². The summed E-state index contributed by atoms with van der Waals surface area (Å²) < 4.78 is 14.3. The average Bonchev–Trinajstić information content (AvgIpc) is 1.52. The topological polar surface area (TPSA) is 26.3 Å². The molecule has 418 valence electrons. The summed E-state index contributed by atoms with van der Waals surface area (Å²) in [5, 5.41) is 9.44. The molecular weight excluding hydrogens is 1080 g/mol. The molecule has 89 heavy (non-hydrogen) atoms. The molecular formula is C87H58O2. The van der Waals surface area contributed by atoms with E-state index in [2.05, 4.69) is 307 Å². The van der Waals surface area contributed by atoms with Crippen molar-refractivity contribution in [2.75, 3.05) is 0 Å².